The molecule has 2 heterocycles. The molecule has 0 spiro atoms. The summed E-state index contributed by atoms with van der Waals surface area (Å²) in [6.45, 7) is 4.53. The number of nitrogens with zero attached hydrogens (tertiary/aromatic N) is 2. The van der Waals surface area contributed by atoms with Gasteiger partial charge in [-0.2, -0.15) is 0 Å². The SMILES string of the molecule is NC1CCC(C(=O)N2CCCC2CN2CCCCC2)C1. The van der Waals surface area contributed by atoms with Crippen LogP contribution >= 0.6 is 0 Å². The molecule has 4 heteroatoms. The highest BCUT2D eigenvalue weighted by Crippen LogP contribution is 2.29. The summed E-state index contributed by atoms with van der Waals surface area (Å²) in [6, 6.07) is 0.726. The van der Waals surface area contributed by atoms with Crippen LogP contribution in [-0.2, 0) is 4.79 Å². The molecule has 0 bridgehead atoms. The number of piperidine rings is 1. The molecular formula is C16H29N3O. The molecule has 0 radical (unpaired) electrons. The normalized spacial score (nSPS) is 35.6. The summed E-state index contributed by atoms with van der Waals surface area (Å²) < 4.78 is 0. The lowest BCUT2D eigenvalue weighted by atomic mass is 10.0. The van der Waals surface area contributed by atoms with E-state index in [1.807, 2.05) is 0 Å². The van der Waals surface area contributed by atoms with E-state index < -0.39 is 0 Å². The Hall–Kier alpha value is -0.610. The van der Waals surface area contributed by atoms with Crippen LogP contribution in [-0.4, -0.2) is 54.0 Å². The summed E-state index contributed by atoms with van der Waals surface area (Å²) in [4.78, 5) is 17.5. The maximum absolute atomic E-state index is 12.7. The van der Waals surface area contributed by atoms with Crippen LogP contribution in [0.2, 0.25) is 0 Å². The number of carbonyl (C=O) groups is 1. The van der Waals surface area contributed by atoms with E-state index in [-0.39, 0.29) is 12.0 Å². The molecule has 0 aromatic carbocycles. The van der Waals surface area contributed by atoms with Gasteiger partial charge in [-0.3, -0.25) is 4.79 Å². The van der Waals surface area contributed by atoms with E-state index in [1.165, 1.54) is 45.2 Å². The van der Waals surface area contributed by atoms with Gasteiger partial charge >= 0.3 is 0 Å². The predicted octanol–water partition coefficient (Wildman–Crippen LogP) is 1.59. The monoisotopic (exact) mass is 279 g/mol. The average Bonchev–Trinajstić information content (AvgIpc) is 3.08. The first-order valence-corrected chi connectivity index (χ1v) is 8.52. The molecule has 3 rings (SSSR count). The van der Waals surface area contributed by atoms with Crippen LogP contribution in [0, 0.1) is 5.92 Å². The van der Waals surface area contributed by atoms with E-state index >= 15 is 0 Å². The Balaban J connectivity index is 1.55. The molecular weight excluding hydrogens is 250 g/mol. The molecule has 0 aromatic heterocycles. The molecule has 3 fully saturated rings. The van der Waals surface area contributed by atoms with Crippen molar-refractivity contribution < 1.29 is 4.79 Å². The van der Waals surface area contributed by atoms with E-state index in [1.54, 1.807) is 0 Å². The van der Waals surface area contributed by atoms with Crippen LogP contribution in [0.5, 0.6) is 0 Å². The Kier molecular flexibility index (Phi) is 4.61. The molecule has 1 amide bonds. The highest BCUT2D eigenvalue weighted by Gasteiger charge is 2.36. The Bertz CT molecular complexity index is 341. The van der Waals surface area contributed by atoms with Crippen molar-refractivity contribution in [2.24, 2.45) is 11.7 Å². The number of nitrogens with two attached hydrogens (primary N) is 1. The number of rotatable bonds is 3. The first-order valence-electron chi connectivity index (χ1n) is 8.52. The average molecular weight is 279 g/mol. The highest BCUT2D eigenvalue weighted by molar-refractivity contribution is 5.79. The van der Waals surface area contributed by atoms with Crippen molar-refractivity contribution in [3.8, 4) is 0 Å². The third-order valence-corrected chi connectivity index (χ3v) is 5.40. The largest absolute Gasteiger partial charge is 0.338 e. The molecule has 2 aliphatic heterocycles. The van der Waals surface area contributed by atoms with Crippen LogP contribution in [0.4, 0.5) is 0 Å². The van der Waals surface area contributed by atoms with E-state index in [4.69, 9.17) is 5.73 Å². The summed E-state index contributed by atoms with van der Waals surface area (Å²) in [5, 5.41) is 0. The second-order valence-corrected chi connectivity index (χ2v) is 6.96. The fraction of sp³-hybridized carbons (Fsp3) is 0.938. The summed E-state index contributed by atoms with van der Waals surface area (Å²) in [6.07, 6.45) is 9.36. The highest BCUT2D eigenvalue weighted by atomic mass is 16.2. The zero-order chi connectivity index (χ0) is 13.9. The maximum atomic E-state index is 12.7. The third kappa shape index (κ3) is 3.17. The number of likely N-dealkylation sites (tertiary alicyclic amines) is 2. The molecule has 114 valence electrons. The van der Waals surface area contributed by atoms with Crippen LogP contribution < -0.4 is 5.73 Å². The van der Waals surface area contributed by atoms with Crippen molar-refractivity contribution in [2.45, 2.75) is 63.5 Å². The fourth-order valence-corrected chi connectivity index (χ4v) is 4.23. The van der Waals surface area contributed by atoms with Crippen molar-refractivity contribution in [2.75, 3.05) is 26.2 Å². The number of hydrogen-bond donors (Lipinski definition) is 1. The zero-order valence-corrected chi connectivity index (χ0v) is 12.6. The molecule has 20 heavy (non-hydrogen) atoms. The summed E-state index contributed by atoms with van der Waals surface area (Å²) in [5.41, 5.74) is 5.97. The first-order chi connectivity index (χ1) is 9.74. The van der Waals surface area contributed by atoms with Gasteiger partial charge < -0.3 is 15.5 Å². The van der Waals surface area contributed by atoms with Crippen molar-refractivity contribution in [1.29, 1.82) is 0 Å². The minimum atomic E-state index is 0.215. The lowest BCUT2D eigenvalue weighted by Crippen LogP contribution is -2.46. The van der Waals surface area contributed by atoms with E-state index in [0.717, 1.165) is 32.4 Å². The molecule has 4 nitrogen and oxygen atoms in total. The van der Waals surface area contributed by atoms with Crippen LogP contribution in [0.1, 0.15) is 51.4 Å². The van der Waals surface area contributed by atoms with Crippen molar-refractivity contribution >= 4 is 5.91 Å². The van der Waals surface area contributed by atoms with Gasteiger partial charge in [-0.15, -0.1) is 0 Å². The van der Waals surface area contributed by atoms with Crippen molar-refractivity contribution in [3.63, 3.8) is 0 Å². The van der Waals surface area contributed by atoms with Gasteiger partial charge in [0.25, 0.3) is 0 Å². The van der Waals surface area contributed by atoms with Crippen LogP contribution in [0.25, 0.3) is 0 Å². The van der Waals surface area contributed by atoms with Gasteiger partial charge in [-0.05, 0) is 58.0 Å². The number of amides is 1. The van der Waals surface area contributed by atoms with Gasteiger partial charge in [-0.1, -0.05) is 6.42 Å². The lowest BCUT2D eigenvalue weighted by Gasteiger charge is -2.34. The van der Waals surface area contributed by atoms with Crippen molar-refractivity contribution in [3.05, 3.63) is 0 Å². The third-order valence-electron chi connectivity index (χ3n) is 5.40. The Labute approximate surface area is 122 Å². The zero-order valence-electron chi connectivity index (χ0n) is 12.6. The topological polar surface area (TPSA) is 49.6 Å². The summed E-state index contributed by atoms with van der Waals surface area (Å²) in [7, 11) is 0. The van der Waals surface area contributed by atoms with Gasteiger partial charge in [-0.25, -0.2) is 0 Å². The first kappa shape index (κ1) is 14.3. The fourth-order valence-electron chi connectivity index (χ4n) is 4.23. The smallest absolute Gasteiger partial charge is 0.226 e. The van der Waals surface area contributed by atoms with Crippen LogP contribution in [0.15, 0.2) is 0 Å². The molecule has 1 aliphatic carbocycles. The molecule has 0 aromatic rings. The van der Waals surface area contributed by atoms with Gasteiger partial charge in [0, 0.05) is 31.1 Å². The van der Waals surface area contributed by atoms with E-state index in [0.29, 0.717) is 11.9 Å². The van der Waals surface area contributed by atoms with Crippen LogP contribution in [0.3, 0.4) is 0 Å². The number of hydrogen-bond acceptors (Lipinski definition) is 3. The Morgan fingerprint density at radius 3 is 2.50 bits per heavy atom. The van der Waals surface area contributed by atoms with Crippen molar-refractivity contribution in [1.82, 2.24) is 9.80 Å². The van der Waals surface area contributed by atoms with Gasteiger partial charge in [0.2, 0.25) is 5.91 Å². The molecule has 2 saturated heterocycles. The van der Waals surface area contributed by atoms with Gasteiger partial charge in [0.15, 0.2) is 0 Å². The second-order valence-electron chi connectivity index (χ2n) is 6.96. The molecule has 1 saturated carbocycles. The Morgan fingerprint density at radius 2 is 1.80 bits per heavy atom. The Morgan fingerprint density at radius 1 is 1.00 bits per heavy atom. The van der Waals surface area contributed by atoms with E-state index in [9.17, 15) is 4.79 Å². The second kappa shape index (κ2) is 6.44. The molecule has 2 N–H and O–H groups in total. The molecule has 3 unspecified atom stereocenters. The van der Waals surface area contributed by atoms with E-state index in [2.05, 4.69) is 9.80 Å². The van der Waals surface area contributed by atoms with Gasteiger partial charge in [0.05, 0.1) is 0 Å². The quantitative estimate of drug-likeness (QED) is 0.853. The minimum Gasteiger partial charge on any atom is -0.338 e. The maximum Gasteiger partial charge on any atom is 0.226 e. The molecule has 3 aliphatic rings. The molecule has 3 atom stereocenters. The summed E-state index contributed by atoms with van der Waals surface area (Å²) >= 11 is 0. The van der Waals surface area contributed by atoms with Gasteiger partial charge in [0.1, 0.15) is 0 Å². The predicted molar refractivity (Wildman–Crippen MR) is 80.3 cm³/mol. The number of carbonyl (C=O) groups excluding carboxylic acids is 1. The lowest BCUT2D eigenvalue weighted by molar-refractivity contribution is -0.136. The summed E-state index contributed by atoms with van der Waals surface area (Å²) in [5.74, 6) is 0.615. The minimum absolute atomic E-state index is 0.215. The standard InChI is InChI=1S/C16H29N3O/c17-14-7-6-13(11-14)16(20)19-10-4-5-15(19)12-18-8-2-1-3-9-18/h13-15H,1-12,17H2.